The Hall–Kier alpha value is -1.63. The van der Waals surface area contributed by atoms with E-state index in [1.54, 1.807) is 0 Å². The highest BCUT2D eigenvalue weighted by Crippen LogP contribution is 2.12. The number of likely N-dealkylation sites (N-methyl/N-ethyl adjacent to an activating group) is 1. The predicted octanol–water partition coefficient (Wildman–Crippen LogP) is 1.14. The number of nitrogens with one attached hydrogen (secondary N) is 2. The van der Waals surface area contributed by atoms with Crippen molar-refractivity contribution in [1.29, 1.82) is 0 Å². The molecule has 1 aliphatic heterocycles. The Bertz CT molecular complexity index is 501. The van der Waals surface area contributed by atoms with E-state index in [4.69, 9.17) is 4.74 Å². The molecule has 0 aromatic heterocycles. The van der Waals surface area contributed by atoms with Crippen LogP contribution in [0.4, 0.5) is 0 Å². The number of β-amino-alcohol motifs (C(OH)–C–C–N with tert-alkyl or cyclic N) is 1. The maximum Gasteiger partial charge on any atom is 0.257 e. The van der Waals surface area contributed by atoms with Crippen LogP contribution >= 0.6 is 0 Å². The highest BCUT2D eigenvalue weighted by molar-refractivity contribution is 5.77. The number of likely N-dealkylation sites (tertiary alicyclic amines) is 1. The van der Waals surface area contributed by atoms with E-state index in [9.17, 15) is 9.90 Å². The van der Waals surface area contributed by atoms with Crippen LogP contribution in [0.5, 0.6) is 5.75 Å². The van der Waals surface area contributed by atoms with Crippen LogP contribution in [0.3, 0.4) is 0 Å². The molecule has 6 heteroatoms. The molecule has 2 rings (SSSR count). The van der Waals surface area contributed by atoms with E-state index in [-0.39, 0.29) is 18.6 Å². The van der Waals surface area contributed by atoms with Crippen molar-refractivity contribution >= 4 is 5.91 Å². The molecule has 0 bridgehead atoms. The zero-order valence-corrected chi connectivity index (χ0v) is 15.2. The van der Waals surface area contributed by atoms with Crippen molar-refractivity contribution in [3.05, 3.63) is 29.8 Å². The van der Waals surface area contributed by atoms with Crippen LogP contribution in [0, 0.1) is 0 Å². The smallest absolute Gasteiger partial charge is 0.257 e. The highest BCUT2D eigenvalue weighted by atomic mass is 16.5. The van der Waals surface area contributed by atoms with Crippen molar-refractivity contribution in [2.45, 2.75) is 38.8 Å². The summed E-state index contributed by atoms with van der Waals surface area (Å²) >= 11 is 0. The summed E-state index contributed by atoms with van der Waals surface area (Å²) in [4.78, 5) is 13.7. The minimum Gasteiger partial charge on any atom is -0.484 e. The summed E-state index contributed by atoms with van der Waals surface area (Å²) in [6.07, 6.45) is 3.47. The number of aliphatic hydroxyl groups is 1. The van der Waals surface area contributed by atoms with Gasteiger partial charge in [0.15, 0.2) is 6.61 Å². The molecule has 0 spiro atoms. The molecule has 1 heterocycles. The molecule has 1 aromatic rings. The summed E-state index contributed by atoms with van der Waals surface area (Å²) in [6, 6.07) is 7.66. The minimum absolute atomic E-state index is 0.0358. The van der Waals surface area contributed by atoms with Gasteiger partial charge in [-0.15, -0.1) is 0 Å². The summed E-state index contributed by atoms with van der Waals surface area (Å²) in [7, 11) is 0. The van der Waals surface area contributed by atoms with Gasteiger partial charge in [0.1, 0.15) is 5.75 Å². The van der Waals surface area contributed by atoms with Gasteiger partial charge >= 0.3 is 0 Å². The van der Waals surface area contributed by atoms with Gasteiger partial charge in [0.05, 0.1) is 6.10 Å². The number of piperidine rings is 1. The first-order valence-electron chi connectivity index (χ1n) is 9.27. The van der Waals surface area contributed by atoms with Crippen molar-refractivity contribution < 1.29 is 14.6 Å². The van der Waals surface area contributed by atoms with Gasteiger partial charge in [0.25, 0.3) is 5.91 Å². The van der Waals surface area contributed by atoms with Gasteiger partial charge in [-0.25, -0.2) is 0 Å². The molecule has 1 aliphatic rings. The molecule has 140 valence electrons. The Morgan fingerprint density at radius 3 is 2.64 bits per heavy atom. The number of rotatable bonds is 10. The molecule has 1 atom stereocenters. The fourth-order valence-corrected chi connectivity index (χ4v) is 2.99. The Balaban J connectivity index is 1.62. The fraction of sp³-hybridized carbons (Fsp3) is 0.632. The topological polar surface area (TPSA) is 73.8 Å². The summed E-state index contributed by atoms with van der Waals surface area (Å²) in [5.74, 6) is 0.566. The van der Waals surface area contributed by atoms with Gasteiger partial charge in [0, 0.05) is 26.2 Å². The maximum absolute atomic E-state index is 11.4. The lowest BCUT2D eigenvalue weighted by Gasteiger charge is -2.28. The van der Waals surface area contributed by atoms with Crippen molar-refractivity contribution in [3.8, 4) is 5.75 Å². The number of nitrogens with zero attached hydrogens (tertiary/aromatic N) is 1. The standard InChI is InChI=1S/C19H31N3O3/c1-2-21-19(24)15-25-18-8-6-16(7-9-18)12-20-13-17(23)14-22-10-4-3-5-11-22/h6-9,17,20,23H,2-5,10-15H2,1H3,(H,21,24)/t17-/m0/s1. The first-order chi connectivity index (χ1) is 12.2. The molecule has 0 saturated carbocycles. The number of aliphatic hydroxyl groups excluding tert-OH is 1. The average molecular weight is 349 g/mol. The van der Waals surface area contributed by atoms with Crippen molar-refractivity contribution in [3.63, 3.8) is 0 Å². The van der Waals surface area contributed by atoms with Gasteiger partial charge in [0.2, 0.25) is 0 Å². The van der Waals surface area contributed by atoms with Crippen LogP contribution < -0.4 is 15.4 Å². The lowest BCUT2D eigenvalue weighted by atomic mass is 10.1. The van der Waals surface area contributed by atoms with Crippen molar-refractivity contribution in [1.82, 2.24) is 15.5 Å². The third-order valence-corrected chi connectivity index (χ3v) is 4.29. The average Bonchev–Trinajstić information content (AvgIpc) is 2.62. The quantitative estimate of drug-likeness (QED) is 0.591. The van der Waals surface area contributed by atoms with E-state index >= 15 is 0 Å². The first-order valence-corrected chi connectivity index (χ1v) is 9.27. The SMILES string of the molecule is CCNC(=O)COc1ccc(CNC[C@H](O)CN2CCCCC2)cc1. The first kappa shape index (κ1) is 19.7. The second kappa shape index (κ2) is 11.1. The molecular weight excluding hydrogens is 318 g/mol. The third-order valence-electron chi connectivity index (χ3n) is 4.29. The van der Waals surface area contributed by atoms with Crippen LogP contribution in [0.1, 0.15) is 31.7 Å². The highest BCUT2D eigenvalue weighted by Gasteiger charge is 2.14. The van der Waals surface area contributed by atoms with Gasteiger partial charge in [-0.05, 0) is 50.6 Å². The Morgan fingerprint density at radius 2 is 1.96 bits per heavy atom. The number of hydrogen-bond donors (Lipinski definition) is 3. The van der Waals surface area contributed by atoms with E-state index in [0.717, 1.165) is 25.2 Å². The Kier molecular flexibility index (Phi) is 8.72. The summed E-state index contributed by atoms with van der Waals surface area (Å²) < 4.78 is 5.42. The molecule has 1 amide bonds. The number of carbonyl (C=O) groups excluding carboxylic acids is 1. The van der Waals surface area contributed by atoms with Gasteiger partial charge in [-0.2, -0.15) is 0 Å². The Labute approximate surface area is 150 Å². The van der Waals surface area contributed by atoms with Crippen LogP contribution in [0.2, 0.25) is 0 Å². The molecule has 25 heavy (non-hydrogen) atoms. The molecule has 1 fully saturated rings. The molecule has 3 N–H and O–H groups in total. The van der Waals surface area contributed by atoms with Gasteiger partial charge in [-0.1, -0.05) is 18.6 Å². The van der Waals surface area contributed by atoms with Crippen molar-refractivity contribution in [2.24, 2.45) is 0 Å². The Morgan fingerprint density at radius 1 is 1.24 bits per heavy atom. The lowest BCUT2D eigenvalue weighted by molar-refractivity contribution is -0.122. The number of hydrogen-bond acceptors (Lipinski definition) is 5. The molecule has 1 saturated heterocycles. The third kappa shape index (κ3) is 7.86. The van der Waals surface area contributed by atoms with E-state index in [2.05, 4.69) is 15.5 Å². The number of amides is 1. The lowest BCUT2D eigenvalue weighted by Crippen LogP contribution is -2.40. The molecule has 0 aliphatic carbocycles. The zero-order chi connectivity index (χ0) is 17.9. The molecule has 1 aromatic carbocycles. The van der Waals surface area contributed by atoms with E-state index in [0.29, 0.717) is 25.4 Å². The zero-order valence-electron chi connectivity index (χ0n) is 15.2. The number of ether oxygens (including phenoxy) is 1. The van der Waals surface area contributed by atoms with Gasteiger partial charge < -0.3 is 25.4 Å². The second-order valence-electron chi connectivity index (χ2n) is 6.53. The predicted molar refractivity (Wildman–Crippen MR) is 98.6 cm³/mol. The minimum atomic E-state index is -0.335. The van der Waals surface area contributed by atoms with Crippen LogP contribution in [-0.2, 0) is 11.3 Å². The number of benzene rings is 1. The largest absolute Gasteiger partial charge is 0.484 e. The van der Waals surface area contributed by atoms with Gasteiger partial charge in [-0.3, -0.25) is 4.79 Å². The summed E-state index contributed by atoms with van der Waals surface area (Å²) in [6.45, 7) is 6.77. The molecule has 0 unspecified atom stereocenters. The second-order valence-corrected chi connectivity index (χ2v) is 6.53. The summed E-state index contributed by atoms with van der Waals surface area (Å²) in [5.41, 5.74) is 1.12. The molecule has 0 radical (unpaired) electrons. The number of carbonyl (C=O) groups is 1. The van der Waals surface area contributed by atoms with E-state index in [1.807, 2.05) is 31.2 Å². The van der Waals surface area contributed by atoms with Crippen LogP contribution in [0.15, 0.2) is 24.3 Å². The maximum atomic E-state index is 11.4. The molecular formula is C19H31N3O3. The summed E-state index contributed by atoms with van der Waals surface area (Å²) in [5, 5.41) is 16.1. The molecule has 6 nitrogen and oxygen atoms in total. The van der Waals surface area contributed by atoms with Crippen LogP contribution in [-0.4, -0.2) is 61.3 Å². The normalized spacial score (nSPS) is 16.4. The van der Waals surface area contributed by atoms with Crippen molar-refractivity contribution in [2.75, 3.05) is 39.3 Å². The van der Waals surface area contributed by atoms with E-state index in [1.165, 1.54) is 19.3 Å². The fourth-order valence-electron chi connectivity index (χ4n) is 2.99. The van der Waals surface area contributed by atoms with Crippen LogP contribution in [0.25, 0.3) is 0 Å². The van der Waals surface area contributed by atoms with E-state index < -0.39 is 0 Å². The monoisotopic (exact) mass is 349 g/mol.